The molecule has 0 amide bonds. The van der Waals surface area contributed by atoms with Crippen LogP contribution in [-0.4, -0.2) is 23.7 Å². The summed E-state index contributed by atoms with van der Waals surface area (Å²) < 4.78 is 17.9. The number of hydrogen-bond donors (Lipinski definition) is 0. The Bertz CT molecular complexity index is 29.0. The zero-order valence-electron chi connectivity index (χ0n) is 1.67. The summed E-state index contributed by atoms with van der Waals surface area (Å²) in [6.45, 7) is 0. The molecule has 0 saturated carbocycles. The maximum absolute atomic E-state index is 8.97. The van der Waals surface area contributed by atoms with Gasteiger partial charge in [0, 0.05) is 0 Å². The van der Waals surface area contributed by atoms with Crippen molar-refractivity contribution in [3.05, 3.63) is 0 Å². The van der Waals surface area contributed by atoms with Gasteiger partial charge >= 0.3 is 33.2 Å². The second-order valence-corrected chi connectivity index (χ2v) is 2.53. The first-order valence-electron chi connectivity index (χ1n) is 0.516. The van der Waals surface area contributed by atoms with Crippen LogP contribution in [0.1, 0.15) is 0 Å². The van der Waals surface area contributed by atoms with Gasteiger partial charge in [0.1, 0.15) is 0 Å². The van der Waals surface area contributed by atoms with Crippen molar-refractivity contribution in [3.63, 3.8) is 0 Å². The third-order valence-electron chi connectivity index (χ3n) is 0. The number of rotatable bonds is 0. The van der Waals surface area contributed by atoms with E-state index in [1.165, 1.54) is 14.9 Å². The van der Waals surface area contributed by atoms with Crippen LogP contribution < -0.4 is 0 Å². The standard InChI is InChI=1S/H2O2SSe/c1-3(2)4/h(H2,1,2,4)/p-1. The molecule has 2 nitrogen and oxygen atoms in total. The van der Waals surface area contributed by atoms with Crippen LogP contribution in [0.25, 0.3) is 0 Å². The summed E-state index contributed by atoms with van der Waals surface area (Å²) in [7, 11) is -1.92. The molecule has 0 aliphatic heterocycles. The van der Waals surface area contributed by atoms with Crippen molar-refractivity contribution in [2.24, 2.45) is 0 Å². The molecule has 0 aliphatic carbocycles. The number of hydrogen-bond acceptors (Lipinski definition) is 2. The van der Waals surface area contributed by atoms with Gasteiger partial charge < -0.3 is 0 Å². The third-order valence-corrected chi connectivity index (χ3v) is 0. The van der Waals surface area contributed by atoms with Gasteiger partial charge in [-0.15, -0.1) is 0 Å². The molecular formula is HO2SSe-. The average Bonchev–Trinajstić information content (AvgIpc) is 0.811. The van der Waals surface area contributed by atoms with Crippen molar-refractivity contribution in [1.82, 2.24) is 0 Å². The first-order valence-corrected chi connectivity index (χ1v) is 3.85. The maximum atomic E-state index is 8.97. The first kappa shape index (κ1) is 4.63. The molecule has 0 heterocycles. The molecule has 4 heavy (non-hydrogen) atoms. The monoisotopic (exact) mass is 145 g/mol. The molecule has 0 aromatic rings. The molecule has 26 valence electrons. The Labute approximate surface area is 33.8 Å². The predicted octanol–water partition coefficient (Wildman–Crippen LogP) is -1.32. The third kappa shape index (κ3) is 17.6. The van der Waals surface area contributed by atoms with E-state index in [4.69, 9.17) is 8.76 Å². The molecule has 0 radical (unpaired) electrons. The summed E-state index contributed by atoms with van der Waals surface area (Å²) in [4.78, 5) is 0. The minimum absolute atomic E-state index is 1.45. The van der Waals surface area contributed by atoms with E-state index in [1.807, 2.05) is 0 Å². The molecule has 1 unspecified atom stereocenters. The Morgan fingerprint density at radius 1 is 2.00 bits per heavy atom. The summed E-state index contributed by atoms with van der Waals surface area (Å²) in [6.07, 6.45) is 0. The molecule has 0 aromatic carbocycles. The molecule has 0 aliphatic rings. The van der Waals surface area contributed by atoms with Gasteiger partial charge in [0.15, 0.2) is 0 Å². The topological polar surface area (TPSA) is 40.1 Å². The van der Waals surface area contributed by atoms with Crippen LogP contribution >= 0.6 is 0 Å². The zero-order chi connectivity index (χ0) is 3.58. The molecular weight excluding hydrogens is 143 g/mol. The fourth-order valence-electron chi connectivity index (χ4n) is 0. The summed E-state index contributed by atoms with van der Waals surface area (Å²) in [6, 6.07) is 0. The molecule has 0 spiro atoms. The Balaban J connectivity index is 2.80. The van der Waals surface area contributed by atoms with E-state index in [1.54, 1.807) is 0 Å². The fourth-order valence-corrected chi connectivity index (χ4v) is 0. The van der Waals surface area contributed by atoms with Crippen molar-refractivity contribution in [1.29, 1.82) is 0 Å². The van der Waals surface area contributed by atoms with Gasteiger partial charge in [-0.25, -0.2) is 0 Å². The second-order valence-electron chi connectivity index (χ2n) is 0.217. The normalized spacial score (nSPS) is 15.5. The van der Waals surface area contributed by atoms with Crippen LogP contribution in [0.4, 0.5) is 0 Å². The molecule has 0 rings (SSSR count). The van der Waals surface area contributed by atoms with Crippen molar-refractivity contribution in [2.75, 3.05) is 0 Å². The van der Waals surface area contributed by atoms with E-state index in [9.17, 15) is 0 Å². The van der Waals surface area contributed by atoms with Gasteiger partial charge in [-0.3, -0.25) is 0 Å². The molecule has 0 bridgehead atoms. The van der Waals surface area contributed by atoms with Crippen LogP contribution in [0.2, 0.25) is 0 Å². The zero-order valence-corrected chi connectivity index (χ0v) is 4.37. The SMILES string of the molecule is O=S([O-])[SeH]. The van der Waals surface area contributed by atoms with Crippen LogP contribution in [0.3, 0.4) is 0 Å². The molecule has 4 heteroatoms. The molecule has 0 fully saturated rings. The van der Waals surface area contributed by atoms with Crippen molar-refractivity contribution < 1.29 is 8.76 Å². The fraction of sp³-hybridized carbons (Fsp3) is 0. The minimum atomic E-state index is -1.92. The van der Waals surface area contributed by atoms with Gasteiger partial charge in [0.2, 0.25) is 0 Å². The first-order chi connectivity index (χ1) is 1.73. The van der Waals surface area contributed by atoms with Crippen LogP contribution in [0, 0.1) is 0 Å². The Hall–Kier alpha value is 0.629. The van der Waals surface area contributed by atoms with E-state index in [-0.39, 0.29) is 0 Å². The van der Waals surface area contributed by atoms with E-state index >= 15 is 0 Å². The van der Waals surface area contributed by atoms with E-state index in [0.717, 1.165) is 0 Å². The molecule has 0 saturated heterocycles. The van der Waals surface area contributed by atoms with Crippen molar-refractivity contribution in [2.45, 2.75) is 0 Å². The summed E-state index contributed by atoms with van der Waals surface area (Å²) in [5.74, 6) is 0. The predicted molar refractivity (Wildman–Crippen MR) is 16.1 cm³/mol. The Kier molecular flexibility index (Phi) is 2.20. The van der Waals surface area contributed by atoms with Crippen LogP contribution in [0.5, 0.6) is 0 Å². The van der Waals surface area contributed by atoms with E-state index < -0.39 is 9.50 Å². The molecule has 0 N–H and O–H groups in total. The van der Waals surface area contributed by atoms with Crippen LogP contribution in [0.15, 0.2) is 0 Å². The van der Waals surface area contributed by atoms with Gasteiger partial charge in [0.25, 0.3) is 0 Å². The van der Waals surface area contributed by atoms with Crippen LogP contribution in [-0.2, 0) is 9.50 Å². The van der Waals surface area contributed by atoms with Gasteiger partial charge in [0.05, 0.1) is 0 Å². The van der Waals surface area contributed by atoms with Gasteiger partial charge in [-0.05, 0) is 0 Å². The molecule has 0 aromatic heterocycles. The molecule has 1 atom stereocenters. The summed E-state index contributed by atoms with van der Waals surface area (Å²) in [5, 5.41) is 0. The Morgan fingerprint density at radius 2 is 2.00 bits per heavy atom. The second kappa shape index (κ2) is 1.91. The Morgan fingerprint density at radius 3 is 2.00 bits per heavy atom. The summed E-state index contributed by atoms with van der Waals surface area (Å²) >= 11 is 1.45. The van der Waals surface area contributed by atoms with E-state index in [2.05, 4.69) is 0 Å². The van der Waals surface area contributed by atoms with Crippen molar-refractivity contribution in [3.8, 4) is 0 Å². The van der Waals surface area contributed by atoms with Gasteiger partial charge in [-0.2, -0.15) is 0 Å². The van der Waals surface area contributed by atoms with Crippen molar-refractivity contribution >= 4 is 24.4 Å². The summed E-state index contributed by atoms with van der Waals surface area (Å²) in [5.41, 5.74) is 0. The quantitative estimate of drug-likeness (QED) is 0.312. The van der Waals surface area contributed by atoms with Gasteiger partial charge in [-0.1, -0.05) is 0 Å². The average molecular weight is 144 g/mol. The van der Waals surface area contributed by atoms with E-state index in [0.29, 0.717) is 0 Å².